The van der Waals surface area contributed by atoms with Crippen molar-refractivity contribution in [1.82, 2.24) is 15.0 Å². The van der Waals surface area contributed by atoms with Gasteiger partial charge in [-0.1, -0.05) is 17.3 Å². The molecule has 1 aromatic heterocycles. The summed E-state index contributed by atoms with van der Waals surface area (Å²) in [7, 11) is 3.98. The second kappa shape index (κ2) is 7.40. The number of azo groups is 1. The molecule has 7 nitrogen and oxygen atoms in total. The second-order valence-electron chi connectivity index (χ2n) is 6.45. The molecule has 0 N–H and O–H groups in total. The minimum atomic E-state index is -0.239. The third kappa shape index (κ3) is 3.50. The maximum atomic E-state index is 12.7. The number of hydrogen-bond donors (Lipinski definition) is 0. The second-order valence-corrected chi connectivity index (χ2v) is 6.45. The zero-order chi connectivity index (χ0) is 19.5. The molecule has 1 heterocycles. The van der Waals surface area contributed by atoms with Gasteiger partial charge in [0.25, 0.3) is 5.91 Å². The van der Waals surface area contributed by atoms with Crippen molar-refractivity contribution in [3.8, 4) is 0 Å². The Morgan fingerprint density at radius 1 is 0.857 bits per heavy atom. The quantitative estimate of drug-likeness (QED) is 0.492. The molecule has 3 aromatic carbocycles. The Bertz CT molecular complexity index is 1140. The molecule has 0 saturated heterocycles. The third-order valence-electron chi connectivity index (χ3n) is 4.31. The molecule has 0 amide bonds. The fraction of sp³-hybridized carbons (Fsp3) is 0.0952. The molecule has 0 saturated carbocycles. The van der Waals surface area contributed by atoms with E-state index >= 15 is 0 Å². The fourth-order valence-corrected chi connectivity index (χ4v) is 2.74. The van der Waals surface area contributed by atoms with Crippen LogP contribution in [-0.2, 0) is 0 Å². The molecular formula is C21H18N6O. The van der Waals surface area contributed by atoms with Crippen LogP contribution < -0.4 is 4.90 Å². The van der Waals surface area contributed by atoms with E-state index in [1.807, 2.05) is 67.5 Å². The smallest absolute Gasteiger partial charge is 0.280 e. The van der Waals surface area contributed by atoms with Crippen LogP contribution in [0.5, 0.6) is 0 Å². The van der Waals surface area contributed by atoms with Gasteiger partial charge in [-0.25, -0.2) is 0 Å². The number of benzene rings is 3. The SMILES string of the molecule is CN(C)c1ccc(N=Nc2ccc(C(=O)n3nnc4ccccc43)cc2)cc1. The fourth-order valence-electron chi connectivity index (χ4n) is 2.74. The van der Waals surface area contributed by atoms with Gasteiger partial charge in [-0.3, -0.25) is 4.79 Å². The summed E-state index contributed by atoms with van der Waals surface area (Å²) < 4.78 is 1.30. The highest BCUT2D eigenvalue weighted by Gasteiger charge is 2.13. The van der Waals surface area contributed by atoms with Gasteiger partial charge in [0.15, 0.2) is 0 Å². The van der Waals surface area contributed by atoms with E-state index in [0.29, 0.717) is 22.3 Å². The van der Waals surface area contributed by atoms with Gasteiger partial charge in [0.05, 0.1) is 16.9 Å². The minimum Gasteiger partial charge on any atom is -0.378 e. The highest BCUT2D eigenvalue weighted by atomic mass is 16.2. The summed E-state index contributed by atoms with van der Waals surface area (Å²) >= 11 is 0. The van der Waals surface area contributed by atoms with Gasteiger partial charge in [-0.2, -0.15) is 14.9 Å². The van der Waals surface area contributed by atoms with E-state index in [4.69, 9.17) is 0 Å². The third-order valence-corrected chi connectivity index (χ3v) is 4.31. The highest BCUT2D eigenvalue weighted by molar-refractivity contribution is 6.00. The van der Waals surface area contributed by atoms with E-state index < -0.39 is 0 Å². The van der Waals surface area contributed by atoms with Crippen molar-refractivity contribution < 1.29 is 4.79 Å². The molecule has 0 aliphatic rings. The first-order valence-corrected chi connectivity index (χ1v) is 8.76. The van der Waals surface area contributed by atoms with E-state index in [1.54, 1.807) is 24.3 Å². The average molecular weight is 370 g/mol. The molecule has 0 aliphatic carbocycles. The van der Waals surface area contributed by atoms with Crippen LogP contribution >= 0.6 is 0 Å². The summed E-state index contributed by atoms with van der Waals surface area (Å²) in [5.41, 5.74) is 4.39. The molecular weight excluding hydrogens is 352 g/mol. The first-order valence-electron chi connectivity index (χ1n) is 8.76. The molecule has 4 rings (SSSR count). The van der Waals surface area contributed by atoms with Crippen molar-refractivity contribution in [2.75, 3.05) is 19.0 Å². The normalized spacial score (nSPS) is 11.2. The number of para-hydroxylation sites is 1. The Balaban J connectivity index is 1.51. The van der Waals surface area contributed by atoms with E-state index in [2.05, 4.69) is 20.5 Å². The number of carbonyl (C=O) groups is 1. The van der Waals surface area contributed by atoms with Crippen LogP contribution in [-0.4, -0.2) is 35.0 Å². The lowest BCUT2D eigenvalue weighted by Gasteiger charge is -2.11. The van der Waals surface area contributed by atoms with Crippen molar-refractivity contribution in [2.24, 2.45) is 10.2 Å². The van der Waals surface area contributed by atoms with E-state index in [9.17, 15) is 4.79 Å². The number of nitrogens with zero attached hydrogens (tertiary/aromatic N) is 6. The topological polar surface area (TPSA) is 75.7 Å². The zero-order valence-corrected chi connectivity index (χ0v) is 15.5. The van der Waals surface area contributed by atoms with Crippen LogP contribution in [0.1, 0.15) is 10.4 Å². The number of rotatable bonds is 4. The van der Waals surface area contributed by atoms with Gasteiger partial charge in [0.2, 0.25) is 0 Å². The number of fused-ring (bicyclic) bond motifs is 1. The number of anilines is 1. The molecule has 138 valence electrons. The van der Waals surface area contributed by atoms with Crippen LogP contribution in [0.2, 0.25) is 0 Å². The van der Waals surface area contributed by atoms with Gasteiger partial charge in [-0.05, 0) is 60.7 Å². The summed E-state index contributed by atoms with van der Waals surface area (Å²) in [4.78, 5) is 14.7. The Labute approximate surface area is 161 Å². The van der Waals surface area contributed by atoms with Gasteiger partial charge < -0.3 is 4.90 Å². The lowest BCUT2D eigenvalue weighted by Crippen LogP contribution is -2.13. The maximum absolute atomic E-state index is 12.7. The highest BCUT2D eigenvalue weighted by Crippen LogP contribution is 2.22. The lowest BCUT2D eigenvalue weighted by atomic mass is 10.2. The maximum Gasteiger partial charge on any atom is 0.280 e. The first-order chi connectivity index (χ1) is 13.6. The summed E-state index contributed by atoms with van der Waals surface area (Å²) in [5.74, 6) is -0.239. The van der Waals surface area contributed by atoms with Crippen molar-refractivity contribution >= 4 is 34.0 Å². The predicted octanol–water partition coefficient (Wildman–Crippen LogP) is 4.60. The molecule has 0 fully saturated rings. The molecule has 0 radical (unpaired) electrons. The Morgan fingerprint density at radius 2 is 1.46 bits per heavy atom. The van der Waals surface area contributed by atoms with Gasteiger partial charge >= 0.3 is 0 Å². The summed E-state index contributed by atoms with van der Waals surface area (Å²) in [6, 6.07) is 22.1. The Kier molecular flexibility index (Phi) is 4.63. The first kappa shape index (κ1) is 17.5. The molecule has 0 aliphatic heterocycles. The van der Waals surface area contributed by atoms with Crippen LogP contribution in [0.3, 0.4) is 0 Å². The van der Waals surface area contributed by atoms with Crippen LogP contribution in [0.25, 0.3) is 11.0 Å². The average Bonchev–Trinajstić information content (AvgIpc) is 3.16. The van der Waals surface area contributed by atoms with Crippen LogP contribution in [0.4, 0.5) is 17.1 Å². The largest absolute Gasteiger partial charge is 0.378 e. The summed E-state index contributed by atoms with van der Waals surface area (Å²) in [5, 5.41) is 16.4. The minimum absolute atomic E-state index is 0.239. The predicted molar refractivity (Wildman–Crippen MR) is 109 cm³/mol. The lowest BCUT2D eigenvalue weighted by molar-refractivity contribution is 0.0948. The summed E-state index contributed by atoms with van der Waals surface area (Å²) in [6.07, 6.45) is 0. The van der Waals surface area contributed by atoms with Gasteiger partial charge in [0.1, 0.15) is 5.52 Å². The van der Waals surface area contributed by atoms with Gasteiger partial charge in [-0.15, -0.1) is 5.10 Å². The molecule has 0 spiro atoms. The summed E-state index contributed by atoms with van der Waals surface area (Å²) in [6.45, 7) is 0. The van der Waals surface area contributed by atoms with Crippen molar-refractivity contribution in [3.05, 3.63) is 78.4 Å². The monoisotopic (exact) mass is 370 g/mol. The van der Waals surface area contributed by atoms with Gasteiger partial charge in [0, 0.05) is 25.3 Å². The molecule has 0 atom stereocenters. The van der Waals surface area contributed by atoms with E-state index in [1.165, 1.54) is 4.68 Å². The Hall–Kier alpha value is -3.87. The Morgan fingerprint density at radius 3 is 2.11 bits per heavy atom. The number of carbonyl (C=O) groups excluding carboxylic acids is 1. The molecule has 0 unspecified atom stereocenters. The van der Waals surface area contributed by atoms with E-state index in [0.717, 1.165) is 11.4 Å². The molecule has 28 heavy (non-hydrogen) atoms. The molecule has 4 aromatic rings. The molecule has 0 bridgehead atoms. The zero-order valence-electron chi connectivity index (χ0n) is 15.5. The van der Waals surface area contributed by atoms with Crippen LogP contribution in [0.15, 0.2) is 83.0 Å². The number of hydrogen-bond acceptors (Lipinski definition) is 6. The van der Waals surface area contributed by atoms with Crippen molar-refractivity contribution in [2.45, 2.75) is 0 Å². The van der Waals surface area contributed by atoms with Crippen molar-refractivity contribution in [1.29, 1.82) is 0 Å². The van der Waals surface area contributed by atoms with Crippen molar-refractivity contribution in [3.63, 3.8) is 0 Å². The standard InChI is InChI=1S/C21H18N6O/c1-26(2)18-13-11-17(12-14-18)23-22-16-9-7-15(8-10-16)21(28)27-20-6-4-3-5-19(20)24-25-27/h3-14H,1-2H3. The molecule has 7 heteroatoms. The number of aromatic nitrogens is 3. The van der Waals surface area contributed by atoms with Crippen LogP contribution in [0, 0.1) is 0 Å². The van der Waals surface area contributed by atoms with E-state index in [-0.39, 0.29) is 5.91 Å².